The summed E-state index contributed by atoms with van der Waals surface area (Å²) in [7, 11) is 0. The maximum absolute atomic E-state index is 14.5. The molecular weight excluding hydrogens is 538 g/mol. The number of benzene rings is 2. The van der Waals surface area contributed by atoms with Crippen molar-refractivity contribution in [2.24, 2.45) is 5.73 Å². The minimum absolute atomic E-state index is 0.0367. The Balaban J connectivity index is 1.58. The molecule has 4 aromatic rings. The van der Waals surface area contributed by atoms with Crippen molar-refractivity contribution in [2.75, 3.05) is 18.9 Å². The number of rotatable bonds is 6. The van der Waals surface area contributed by atoms with Crippen LogP contribution in [0.3, 0.4) is 0 Å². The number of nitrogens with zero attached hydrogens (tertiary/aromatic N) is 2. The number of pyridine rings is 1. The number of oxazole rings is 1. The lowest BCUT2D eigenvalue weighted by Crippen LogP contribution is -2.51. The van der Waals surface area contributed by atoms with E-state index in [1.54, 1.807) is 0 Å². The molecule has 2 amide bonds. The number of carbonyl (C=O) groups excluding carboxylic acids is 2. The second-order valence-electron chi connectivity index (χ2n) is 9.50. The summed E-state index contributed by atoms with van der Waals surface area (Å²) in [4.78, 5) is 33.0. The molecule has 14 heteroatoms. The minimum atomic E-state index is -5.35. The zero-order valence-electron chi connectivity index (χ0n) is 20.7. The first-order chi connectivity index (χ1) is 18.7. The normalized spacial score (nSPS) is 18.1. The molecule has 1 aliphatic rings. The first-order valence-corrected chi connectivity index (χ1v) is 11.7. The standard InChI is InChI=1S/C26H21F4N5O5/c1-24(22(31)37)11-39-20-15(24)9-18(35-19(20)12-2-5-14(27)6-3-12)25(38,26(28,29)30)10-33-21(36)13-4-7-17-16(8-13)34-23(32)40-17/h2-9,38H,10-11H2,1H3,(H2,31,37)(H2,32,34)(H,33,36)/t24-,25?/m0/s1. The van der Waals surface area contributed by atoms with Gasteiger partial charge in [0.2, 0.25) is 11.5 Å². The van der Waals surface area contributed by atoms with E-state index in [4.69, 9.17) is 20.6 Å². The van der Waals surface area contributed by atoms with Gasteiger partial charge in [0.05, 0.1) is 12.2 Å². The topological polar surface area (TPSA) is 167 Å². The van der Waals surface area contributed by atoms with Crippen molar-refractivity contribution < 1.29 is 41.4 Å². The zero-order chi connectivity index (χ0) is 29.0. The van der Waals surface area contributed by atoms with Gasteiger partial charge < -0.3 is 31.0 Å². The number of carbonyl (C=O) groups is 2. The smallest absolute Gasteiger partial charge is 0.424 e. The van der Waals surface area contributed by atoms with Gasteiger partial charge in [-0.2, -0.15) is 18.2 Å². The van der Waals surface area contributed by atoms with Crippen LogP contribution in [0.25, 0.3) is 22.4 Å². The molecule has 0 saturated heterocycles. The number of ether oxygens (including phenoxy) is 1. The van der Waals surface area contributed by atoms with Gasteiger partial charge in [0.25, 0.3) is 11.9 Å². The number of nitrogens with two attached hydrogens (primary N) is 2. The van der Waals surface area contributed by atoms with Crippen LogP contribution in [0.1, 0.15) is 28.5 Å². The third kappa shape index (κ3) is 4.35. The minimum Gasteiger partial charge on any atom is -0.489 e. The van der Waals surface area contributed by atoms with E-state index >= 15 is 0 Å². The second kappa shape index (κ2) is 9.19. The van der Waals surface area contributed by atoms with E-state index in [2.05, 4.69) is 15.3 Å². The van der Waals surface area contributed by atoms with Crippen LogP contribution in [-0.2, 0) is 15.8 Å². The molecule has 0 aliphatic carbocycles. The predicted octanol–water partition coefficient (Wildman–Crippen LogP) is 2.93. The molecule has 40 heavy (non-hydrogen) atoms. The first kappa shape index (κ1) is 26.9. The van der Waals surface area contributed by atoms with Crippen molar-refractivity contribution >= 4 is 28.9 Å². The van der Waals surface area contributed by atoms with Gasteiger partial charge in [0, 0.05) is 16.7 Å². The number of alkyl halides is 3. The van der Waals surface area contributed by atoms with E-state index in [1.807, 2.05) is 0 Å². The van der Waals surface area contributed by atoms with Crippen LogP contribution in [0, 0.1) is 5.82 Å². The van der Waals surface area contributed by atoms with E-state index in [-0.39, 0.29) is 51.9 Å². The highest BCUT2D eigenvalue weighted by molar-refractivity contribution is 5.97. The number of aromatic nitrogens is 2. The highest BCUT2D eigenvalue weighted by Gasteiger charge is 2.57. The number of nitrogen functional groups attached to an aromatic ring is 1. The van der Waals surface area contributed by atoms with Crippen LogP contribution in [0.5, 0.6) is 5.75 Å². The fourth-order valence-corrected chi connectivity index (χ4v) is 4.34. The molecule has 3 heterocycles. The molecule has 2 aromatic heterocycles. The van der Waals surface area contributed by atoms with E-state index in [9.17, 15) is 32.3 Å². The van der Waals surface area contributed by atoms with Crippen molar-refractivity contribution in [1.82, 2.24) is 15.3 Å². The summed E-state index contributed by atoms with van der Waals surface area (Å²) in [6.07, 6.45) is -5.35. The van der Waals surface area contributed by atoms with E-state index in [0.29, 0.717) is 0 Å². The summed E-state index contributed by atoms with van der Waals surface area (Å²) in [6.45, 7) is -0.273. The Labute approximate surface area is 222 Å². The Morgan fingerprint density at radius 1 is 1.12 bits per heavy atom. The van der Waals surface area contributed by atoms with Crippen molar-refractivity contribution in [2.45, 2.75) is 24.1 Å². The number of aliphatic hydroxyl groups is 1. The third-order valence-electron chi connectivity index (χ3n) is 6.80. The molecule has 0 fully saturated rings. The quantitative estimate of drug-likeness (QED) is 0.262. The van der Waals surface area contributed by atoms with Gasteiger partial charge in [0.1, 0.15) is 34.8 Å². The lowest BCUT2D eigenvalue weighted by molar-refractivity contribution is -0.265. The Hall–Kier alpha value is -4.72. The fraction of sp³-hybridized carbons (Fsp3) is 0.231. The molecule has 1 unspecified atom stereocenters. The van der Waals surface area contributed by atoms with Crippen LogP contribution in [0.15, 0.2) is 52.9 Å². The van der Waals surface area contributed by atoms with Crippen LogP contribution >= 0.6 is 0 Å². The largest absolute Gasteiger partial charge is 0.489 e. The monoisotopic (exact) mass is 559 g/mol. The van der Waals surface area contributed by atoms with Gasteiger partial charge in [-0.3, -0.25) is 9.59 Å². The number of primary amides is 1. The highest BCUT2D eigenvalue weighted by Crippen LogP contribution is 2.47. The van der Waals surface area contributed by atoms with Gasteiger partial charge >= 0.3 is 6.18 Å². The summed E-state index contributed by atoms with van der Waals surface area (Å²) in [5.41, 5.74) is 5.12. The van der Waals surface area contributed by atoms with E-state index in [0.717, 1.165) is 18.2 Å². The maximum atomic E-state index is 14.5. The van der Waals surface area contributed by atoms with Crippen LogP contribution in [-0.4, -0.2) is 46.2 Å². The average Bonchev–Trinajstić information content (AvgIpc) is 3.45. The Bertz CT molecular complexity index is 1660. The fourth-order valence-electron chi connectivity index (χ4n) is 4.34. The number of amides is 2. The Morgan fingerprint density at radius 3 is 2.48 bits per heavy atom. The molecule has 6 N–H and O–H groups in total. The third-order valence-corrected chi connectivity index (χ3v) is 6.80. The second-order valence-corrected chi connectivity index (χ2v) is 9.50. The first-order valence-electron chi connectivity index (χ1n) is 11.7. The Morgan fingerprint density at radius 2 is 1.82 bits per heavy atom. The van der Waals surface area contributed by atoms with E-state index in [1.165, 1.54) is 37.3 Å². The highest BCUT2D eigenvalue weighted by atomic mass is 19.4. The summed E-state index contributed by atoms with van der Waals surface area (Å²) in [5, 5.41) is 13.2. The number of anilines is 1. The number of fused-ring (bicyclic) bond motifs is 2. The predicted molar refractivity (Wildman–Crippen MR) is 132 cm³/mol. The lowest BCUT2D eigenvalue weighted by atomic mass is 9.81. The molecule has 10 nitrogen and oxygen atoms in total. The molecule has 1 aliphatic heterocycles. The van der Waals surface area contributed by atoms with Gasteiger partial charge in [-0.25, -0.2) is 9.37 Å². The molecule has 0 radical (unpaired) electrons. The number of hydrogen-bond donors (Lipinski definition) is 4. The Kier molecular flexibility index (Phi) is 6.17. The molecule has 208 valence electrons. The lowest BCUT2D eigenvalue weighted by Gasteiger charge is -2.31. The van der Waals surface area contributed by atoms with Crippen molar-refractivity contribution in [3.05, 3.63) is 71.2 Å². The van der Waals surface area contributed by atoms with Crippen LogP contribution < -0.4 is 21.5 Å². The maximum Gasteiger partial charge on any atom is 0.424 e. The zero-order valence-corrected chi connectivity index (χ0v) is 20.7. The van der Waals surface area contributed by atoms with Gasteiger partial charge in [-0.05, 0) is 55.5 Å². The van der Waals surface area contributed by atoms with Crippen LogP contribution in [0.2, 0.25) is 0 Å². The molecule has 0 saturated carbocycles. The van der Waals surface area contributed by atoms with Gasteiger partial charge in [-0.1, -0.05) is 0 Å². The number of nitrogens with one attached hydrogen (secondary N) is 1. The van der Waals surface area contributed by atoms with Crippen molar-refractivity contribution in [1.29, 1.82) is 0 Å². The molecule has 2 aromatic carbocycles. The van der Waals surface area contributed by atoms with Gasteiger partial charge in [0.15, 0.2) is 5.58 Å². The molecular formula is C26H21F4N5O5. The summed E-state index contributed by atoms with van der Waals surface area (Å²) in [6, 6.07) is 9.26. The van der Waals surface area contributed by atoms with E-state index < -0.39 is 47.1 Å². The molecule has 5 rings (SSSR count). The summed E-state index contributed by atoms with van der Waals surface area (Å²) < 4.78 is 67.8. The number of hydrogen-bond acceptors (Lipinski definition) is 8. The summed E-state index contributed by atoms with van der Waals surface area (Å²) >= 11 is 0. The van der Waals surface area contributed by atoms with Crippen molar-refractivity contribution in [3.8, 4) is 17.0 Å². The van der Waals surface area contributed by atoms with Crippen LogP contribution in [0.4, 0.5) is 23.6 Å². The van der Waals surface area contributed by atoms with Gasteiger partial charge in [-0.15, -0.1) is 0 Å². The summed E-state index contributed by atoms with van der Waals surface area (Å²) in [5.74, 6) is -2.50. The molecule has 0 bridgehead atoms. The van der Waals surface area contributed by atoms with Crippen molar-refractivity contribution in [3.63, 3.8) is 0 Å². The number of halogens is 4. The molecule has 2 atom stereocenters. The SMILES string of the molecule is C[C@]1(C(N)=O)COc2c1cc(C(O)(CNC(=O)c1ccc3oc(N)nc3c1)C(F)(F)F)nc2-c1ccc(F)cc1. The molecule has 0 spiro atoms. The average molecular weight is 559 g/mol.